The van der Waals surface area contributed by atoms with Gasteiger partial charge in [-0.1, -0.05) is 50.6 Å². The maximum Gasteiger partial charge on any atom is 0.141 e. The average molecular weight is 293 g/mol. The van der Waals surface area contributed by atoms with E-state index in [1.54, 1.807) is 12.1 Å². The Hall–Kier alpha value is -1.54. The molecular formula is C17H18ClFO. The second kappa shape index (κ2) is 5.84. The lowest BCUT2D eigenvalue weighted by Gasteiger charge is -2.19. The van der Waals surface area contributed by atoms with E-state index in [-0.39, 0.29) is 10.4 Å². The first kappa shape index (κ1) is 14.9. The molecule has 0 heterocycles. The molecule has 2 rings (SSSR count). The first-order valence-electron chi connectivity index (χ1n) is 6.53. The summed E-state index contributed by atoms with van der Waals surface area (Å²) in [5, 5.41) is 0.120. The molecule has 1 nitrogen and oxygen atoms in total. The van der Waals surface area contributed by atoms with Crippen LogP contribution in [-0.2, 0) is 12.0 Å². The number of rotatable bonds is 3. The Balaban J connectivity index is 2.02. The Morgan fingerprint density at radius 2 is 1.70 bits per heavy atom. The summed E-state index contributed by atoms with van der Waals surface area (Å²) in [5.74, 6) is 0.378. The highest BCUT2D eigenvalue weighted by atomic mass is 35.5. The quantitative estimate of drug-likeness (QED) is 0.740. The molecule has 2 aromatic carbocycles. The van der Waals surface area contributed by atoms with Crippen LogP contribution in [0.4, 0.5) is 4.39 Å². The minimum Gasteiger partial charge on any atom is -0.489 e. The summed E-state index contributed by atoms with van der Waals surface area (Å²) in [6, 6.07) is 12.6. The van der Waals surface area contributed by atoms with E-state index < -0.39 is 5.82 Å². The second-order valence-electron chi connectivity index (χ2n) is 5.81. The van der Waals surface area contributed by atoms with Crippen molar-refractivity contribution < 1.29 is 9.13 Å². The van der Waals surface area contributed by atoms with Crippen LogP contribution in [0.5, 0.6) is 5.75 Å². The van der Waals surface area contributed by atoms with Gasteiger partial charge in [0.15, 0.2) is 0 Å². The lowest BCUT2D eigenvalue weighted by molar-refractivity contribution is 0.306. The van der Waals surface area contributed by atoms with E-state index in [0.29, 0.717) is 6.61 Å². The summed E-state index contributed by atoms with van der Waals surface area (Å²) in [4.78, 5) is 0. The van der Waals surface area contributed by atoms with Gasteiger partial charge in [0.25, 0.3) is 0 Å². The van der Waals surface area contributed by atoms with Gasteiger partial charge in [0.05, 0.1) is 5.02 Å². The molecule has 106 valence electrons. The summed E-state index contributed by atoms with van der Waals surface area (Å²) in [6.07, 6.45) is 0. The molecule has 0 saturated carbocycles. The normalized spacial score (nSPS) is 11.4. The molecule has 0 amide bonds. The molecule has 20 heavy (non-hydrogen) atoms. The van der Waals surface area contributed by atoms with Crippen molar-refractivity contribution >= 4 is 11.6 Å². The number of ether oxygens (including phenoxy) is 1. The monoisotopic (exact) mass is 292 g/mol. The van der Waals surface area contributed by atoms with Crippen LogP contribution in [0.15, 0.2) is 42.5 Å². The van der Waals surface area contributed by atoms with Crippen molar-refractivity contribution in [1.82, 2.24) is 0 Å². The molecule has 3 heteroatoms. The Kier molecular flexibility index (Phi) is 4.34. The lowest BCUT2D eigenvalue weighted by Crippen LogP contribution is -2.10. The predicted octanol–water partition coefficient (Wildman–Crippen LogP) is 5.36. The Morgan fingerprint density at radius 3 is 2.25 bits per heavy atom. The van der Waals surface area contributed by atoms with Gasteiger partial charge in [-0.25, -0.2) is 4.39 Å². The van der Waals surface area contributed by atoms with Gasteiger partial charge in [-0.15, -0.1) is 0 Å². The van der Waals surface area contributed by atoms with Crippen LogP contribution in [-0.4, -0.2) is 0 Å². The molecule has 0 spiro atoms. The molecular weight excluding hydrogens is 275 g/mol. The van der Waals surface area contributed by atoms with Crippen molar-refractivity contribution in [3.05, 3.63) is 64.4 Å². The molecule has 0 aliphatic heterocycles. The Labute approximate surface area is 124 Å². The standard InChI is InChI=1S/C17H18ClFO/c1-17(2,3)13-5-7-14(8-6-13)20-11-12-4-9-16(19)15(18)10-12/h4-10H,11H2,1-3H3. The van der Waals surface area contributed by atoms with Crippen LogP contribution in [0.3, 0.4) is 0 Å². The van der Waals surface area contributed by atoms with Gasteiger partial charge in [0.1, 0.15) is 18.2 Å². The molecule has 2 aromatic rings. The molecule has 0 radical (unpaired) electrons. The summed E-state index contributed by atoms with van der Waals surface area (Å²) >= 11 is 5.74. The predicted molar refractivity (Wildman–Crippen MR) is 80.9 cm³/mol. The summed E-state index contributed by atoms with van der Waals surface area (Å²) in [5.41, 5.74) is 2.23. The van der Waals surface area contributed by atoms with Crippen molar-refractivity contribution in [2.75, 3.05) is 0 Å². The van der Waals surface area contributed by atoms with Crippen LogP contribution in [0.25, 0.3) is 0 Å². The van der Waals surface area contributed by atoms with Gasteiger partial charge in [0.2, 0.25) is 0 Å². The van der Waals surface area contributed by atoms with Crippen LogP contribution in [0.1, 0.15) is 31.9 Å². The molecule has 0 N–H and O–H groups in total. The van der Waals surface area contributed by atoms with E-state index in [9.17, 15) is 4.39 Å². The van der Waals surface area contributed by atoms with Crippen molar-refractivity contribution in [3.8, 4) is 5.75 Å². The highest BCUT2D eigenvalue weighted by molar-refractivity contribution is 6.30. The van der Waals surface area contributed by atoms with Gasteiger partial charge < -0.3 is 4.74 Å². The number of halogens is 2. The van der Waals surface area contributed by atoms with E-state index in [0.717, 1.165) is 11.3 Å². The van der Waals surface area contributed by atoms with E-state index in [1.807, 2.05) is 12.1 Å². The molecule has 0 atom stereocenters. The van der Waals surface area contributed by atoms with E-state index in [4.69, 9.17) is 16.3 Å². The van der Waals surface area contributed by atoms with E-state index in [2.05, 4.69) is 32.9 Å². The third-order valence-corrected chi connectivity index (χ3v) is 3.40. The molecule has 0 aromatic heterocycles. The zero-order valence-corrected chi connectivity index (χ0v) is 12.7. The molecule has 0 bridgehead atoms. The lowest BCUT2D eigenvalue weighted by atomic mass is 9.87. The van der Waals surface area contributed by atoms with Gasteiger partial charge in [-0.2, -0.15) is 0 Å². The van der Waals surface area contributed by atoms with Crippen LogP contribution in [0, 0.1) is 5.82 Å². The van der Waals surface area contributed by atoms with Gasteiger partial charge in [0, 0.05) is 0 Å². The fourth-order valence-corrected chi connectivity index (χ4v) is 2.05. The van der Waals surface area contributed by atoms with Crippen molar-refractivity contribution in [1.29, 1.82) is 0 Å². The molecule has 0 aliphatic carbocycles. The van der Waals surface area contributed by atoms with E-state index >= 15 is 0 Å². The minimum atomic E-state index is -0.412. The van der Waals surface area contributed by atoms with Crippen molar-refractivity contribution in [3.63, 3.8) is 0 Å². The number of benzene rings is 2. The maximum atomic E-state index is 13.0. The van der Waals surface area contributed by atoms with Crippen LogP contribution >= 0.6 is 11.6 Å². The first-order chi connectivity index (χ1) is 9.36. The second-order valence-corrected chi connectivity index (χ2v) is 6.22. The van der Waals surface area contributed by atoms with Crippen molar-refractivity contribution in [2.45, 2.75) is 32.8 Å². The molecule has 0 saturated heterocycles. The van der Waals surface area contributed by atoms with E-state index in [1.165, 1.54) is 11.6 Å². The zero-order chi connectivity index (χ0) is 14.8. The maximum absolute atomic E-state index is 13.0. The summed E-state index contributed by atoms with van der Waals surface area (Å²) in [7, 11) is 0. The zero-order valence-electron chi connectivity index (χ0n) is 11.9. The highest BCUT2D eigenvalue weighted by Crippen LogP contribution is 2.25. The summed E-state index contributed by atoms with van der Waals surface area (Å²) in [6.45, 7) is 6.88. The van der Waals surface area contributed by atoms with Crippen LogP contribution < -0.4 is 4.74 Å². The fourth-order valence-electron chi connectivity index (χ4n) is 1.85. The Morgan fingerprint density at radius 1 is 1.05 bits per heavy atom. The fraction of sp³-hybridized carbons (Fsp3) is 0.294. The van der Waals surface area contributed by atoms with Gasteiger partial charge in [-0.3, -0.25) is 0 Å². The third-order valence-electron chi connectivity index (χ3n) is 3.11. The first-order valence-corrected chi connectivity index (χ1v) is 6.91. The molecule has 0 fully saturated rings. The number of hydrogen-bond donors (Lipinski definition) is 0. The van der Waals surface area contributed by atoms with Crippen molar-refractivity contribution in [2.24, 2.45) is 0 Å². The SMILES string of the molecule is CC(C)(C)c1ccc(OCc2ccc(F)c(Cl)c2)cc1. The molecule has 0 unspecified atom stereocenters. The largest absolute Gasteiger partial charge is 0.489 e. The highest BCUT2D eigenvalue weighted by Gasteiger charge is 2.12. The van der Waals surface area contributed by atoms with Gasteiger partial charge in [-0.05, 0) is 40.8 Å². The molecule has 0 aliphatic rings. The average Bonchev–Trinajstić information content (AvgIpc) is 2.40. The topological polar surface area (TPSA) is 9.23 Å². The smallest absolute Gasteiger partial charge is 0.141 e. The third kappa shape index (κ3) is 3.73. The summed E-state index contributed by atoms with van der Waals surface area (Å²) < 4.78 is 18.7. The van der Waals surface area contributed by atoms with Gasteiger partial charge >= 0.3 is 0 Å². The Bertz CT molecular complexity index is 585. The van der Waals surface area contributed by atoms with Crippen LogP contribution in [0.2, 0.25) is 5.02 Å². The number of hydrogen-bond acceptors (Lipinski definition) is 1. The minimum absolute atomic E-state index is 0.120.